The predicted molar refractivity (Wildman–Crippen MR) is 111 cm³/mol. The summed E-state index contributed by atoms with van der Waals surface area (Å²) in [6.07, 6.45) is 4.04. The summed E-state index contributed by atoms with van der Waals surface area (Å²) in [6, 6.07) is 14.1. The highest BCUT2D eigenvalue weighted by Crippen LogP contribution is 2.47. The summed E-state index contributed by atoms with van der Waals surface area (Å²) >= 11 is 1.81. The molecule has 1 amide bonds. The van der Waals surface area contributed by atoms with Gasteiger partial charge in [0.25, 0.3) is 5.91 Å². The first kappa shape index (κ1) is 18.3. The van der Waals surface area contributed by atoms with Crippen LogP contribution in [-0.2, 0) is 16.9 Å². The molecule has 1 aliphatic heterocycles. The molecule has 5 rings (SSSR count). The van der Waals surface area contributed by atoms with Crippen LogP contribution in [0.1, 0.15) is 36.1 Å². The molecule has 4 nitrogen and oxygen atoms in total. The first-order valence-electron chi connectivity index (χ1n) is 10.5. The van der Waals surface area contributed by atoms with Gasteiger partial charge in [-0.15, -0.1) is 11.3 Å². The lowest BCUT2D eigenvalue weighted by molar-refractivity contribution is -0.147. The summed E-state index contributed by atoms with van der Waals surface area (Å²) in [5, 5.41) is 17.0. The number of nitrogens with zero attached hydrogens (tertiary/aromatic N) is 1. The molecule has 2 saturated carbocycles. The standard InChI is InChI=1S/C23H28N2O2S/c26-22(23(27,17-9-4-5-10-17)16-7-2-1-3-8-16)24-21-19-14-25(15-20(19)21)13-18-11-6-12-28-18/h1-3,6-8,11-12,17,19-21,27H,4-5,9-10,13-15H2,(H,24,26)/t19-,20?,21?,23?/m0/s1. The van der Waals surface area contributed by atoms with Crippen molar-refractivity contribution in [2.45, 2.75) is 43.9 Å². The molecule has 4 atom stereocenters. The minimum Gasteiger partial charge on any atom is -0.375 e. The minimum atomic E-state index is -1.40. The van der Waals surface area contributed by atoms with Gasteiger partial charge in [0.1, 0.15) is 0 Å². The SMILES string of the molecule is O=C(NC1C2CN(Cc3cccs3)C[C@@H]21)C(O)(c1ccccc1)C1CCCC1. The number of piperidine rings is 1. The van der Waals surface area contributed by atoms with Gasteiger partial charge < -0.3 is 10.4 Å². The van der Waals surface area contributed by atoms with Crippen LogP contribution in [0.4, 0.5) is 0 Å². The maximum Gasteiger partial charge on any atom is 0.257 e. The lowest BCUT2D eigenvalue weighted by Gasteiger charge is -2.33. The number of likely N-dealkylation sites (tertiary alicyclic amines) is 1. The predicted octanol–water partition coefficient (Wildman–Crippen LogP) is 3.37. The summed E-state index contributed by atoms with van der Waals surface area (Å²) in [4.78, 5) is 17.2. The lowest BCUT2D eigenvalue weighted by atomic mass is 9.79. The van der Waals surface area contributed by atoms with Crippen LogP contribution in [0.3, 0.4) is 0 Å². The van der Waals surface area contributed by atoms with Gasteiger partial charge in [0, 0.05) is 36.5 Å². The van der Waals surface area contributed by atoms with Crippen molar-refractivity contribution in [2.75, 3.05) is 13.1 Å². The number of aliphatic hydroxyl groups is 1. The number of amides is 1. The third-order valence-corrected chi connectivity index (χ3v) is 7.89. The van der Waals surface area contributed by atoms with Gasteiger partial charge in [0.15, 0.2) is 5.60 Å². The van der Waals surface area contributed by atoms with E-state index in [4.69, 9.17) is 0 Å². The zero-order valence-corrected chi connectivity index (χ0v) is 16.9. The monoisotopic (exact) mass is 396 g/mol. The molecule has 3 fully saturated rings. The van der Waals surface area contributed by atoms with Gasteiger partial charge in [-0.1, -0.05) is 49.2 Å². The van der Waals surface area contributed by atoms with Crippen molar-refractivity contribution in [3.05, 3.63) is 58.3 Å². The Morgan fingerprint density at radius 2 is 1.82 bits per heavy atom. The molecule has 0 bridgehead atoms. The number of benzene rings is 1. The zero-order chi connectivity index (χ0) is 19.1. The van der Waals surface area contributed by atoms with E-state index < -0.39 is 5.60 Å². The number of hydrogen-bond donors (Lipinski definition) is 2. The molecule has 148 valence electrons. The number of fused-ring (bicyclic) bond motifs is 1. The quantitative estimate of drug-likeness (QED) is 0.787. The van der Waals surface area contributed by atoms with Gasteiger partial charge in [-0.05, 0) is 41.7 Å². The fourth-order valence-electron chi connectivity index (χ4n) is 5.43. The van der Waals surface area contributed by atoms with Crippen molar-refractivity contribution in [3.8, 4) is 0 Å². The maximum atomic E-state index is 13.3. The third-order valence-electron chi connectivity index (χ3n) is 7.03. The summed E-state index contributed by atoms with van der Waals surface area (Å²) < 4.78 is 0. The number of thiophene rings is 1. The third kappa shape index (κ3) is 3.19. The van der Waals surface area contributed by atoms with E-state index in [-0.39, 0.29) is 17.9 Å². The van der Waals surface area contributed by atoms with Crippen LogP contribution in [0.2, 0.25) is 0 Å². The Morgan fingerprint density at radius 1 is 1.11 bits per heavy atom. The van der Waals surface area contributed by atoms with Gasteiger partial charge in [-0.25, -0.2) is 0 Å². The number of carbonyl (C=O) groups excluding carboxylic acids is 1. The number of nitrogens with one attached hydrogen (secondary N) is 1. The molecule has 1 aromatic carbocycles. The van der Waals surface area contributed by atoms with Gasteiger partial charge in [0.2, 0.25) is 0 Å². The minimum absolute atomic E-state index is 0.0174. The van der Waals surface area contributed by atoms with Crippen molar-refractivity contribution in [1.29, 1.82) is 0 Å². The van der Waals surface area contributed by atoms with Crippen molar-refractivity contribution in [3.63, 3.8) is 0 Å². The molecule has 2 aromatic rings. The van der Waals surface area contributed by atoms with Crippen LogP contribution in [0.5, 0.6) is 0 Å². The molecular weight excluding hydrogens is 368 g/mol. The topological polar surface area (TPSA) is 52.6 Å². The van der Waals surface area contributed by atoms with E-state index in [0.29, 0.717) is 11.8 Å². The Bertz CT molecular complexity index is 806. The molecule has 0 spiro atoms. The highest BCUT2D eigenvalue weighted by Gasteiger charge is 2.58. The molecule has 28 heavy (non-hydrogen) atoms. The van der Waals surface area contributed by atoms with Crippen molar-refractivity contribution in [1.82, 2.24) is 10.2 Å². The Kier molecular flexibility index (Phi) is 4.77. The molecular formula is C23H28N2O2S. The van der Waals surface area contributed by atoms with Gasteiger partial charge in [-0.3, -0.25) is 9.69 Å². The van der Waals surface area contributed by atoms with Gasteiger partial charge in [-0.2, -0.15) is 0 Å². The second-order valence-corrected chi connectivity index (χ2v) is 9.75. The number of hydrogen-bond acceptors (Lipinski definition) is 4. The lowest BCUT2D eigenvalue weighted by Crippen LogP contribution is -2.50. The van der Waals surface area contributed by atoms with E-state index in [1.807, 2.05) is 41.7 Å². The average Bonchev–Trinajstić information content (AvgIpc) is 3.28. The van der Waals surface area contributed by atoms with E-state index in [9.17, 15) is 9.90 Å². The Labute approximate surface area is 170 Å². The van der Waals surface area contributed by atoms with Crippen LogP contribution < -0.4 is 5.32 Å². The molecule has 1 saturated heterocycles. The number of carbonyl (C=O) groups is 1. The molecule has 3 aliphatic rings. The van der Waals surface area contributed by atoms with E-state index in [0.717, 1.165) is 50.9 Å². The smallest absolute Gasteiger partial charge is 0.257 e. The molecule has 3 unspecified atom stereocenters. The van der Waals surface area contributed by atoms with Crippen molar-refractivity contribution in [2.24, 2.45) is 17.8 Å². The fourth-order valence-corrected chi connectivity index (χ4v) is 6.18. The summed E-state index contributed by atoms with van der Waals surface area (Å²) in [6.45, 7) is 3.10. The molecule has 2 heterocycles. The molecule has 5 heteroatoms. The Morgan fingerprint density at radius 3 is 2.46 bits per heavy atom. The highest BCUT2D eigenvalue weighted by atomic mass is 32.1. The van der Waals surface area contributed by atoms with E-state index in [2.05, 4.69) is 27.7 Å². The molecule has 1 aromatic heterocycles. The van der Waals surface area contributed by atoms with Crippen molar-refractivity contribution < 1.29 is 9.90 Å². The molecule has 2 N–H and O–H groups in total. The van der Waals surface area contributed by atoms with Crippen molar-refractivity contribution >= 4 is 17.2 Å². The Hall–Kier alpha value is -1.69. The van der Waals surface area contributed by atoms with Crippen LogP contribution in [0, 0.1) is 17.8 Å². The van der Waals surface area contributed by atoms with Crippen LogP contribution in [0.15, 0.2) is 47.8 Å². The molecule has 0 radical (unpaired) electrons. The van der Waals surface area contributed by atoms with E-state index in [1.165, 1.54) is 4.88 Å². The molecule has 2 aliphatic carbocycles. The normalized spacial score (nSPS) is 29.4. The first-order chi connectivity index (χ1) is 13.7. The number of rotatable bonds is 6. The zero-order valence-electron chi connectivity index (χ0n) is 16.1. The summed E-state index contributed by atoms with van der Waals surface area (Å²) in [5.41, 5.74) is -0.657. The largest absolute Gasteiger partial charge is 0.375 e. The average molecular weight is 397 g/mol. The van der Waals surface area contributed by atoms with Gasteiger partial charge in [0.05, 0.1) is 0 Å². The first-order valence-corrected chi connectivity index (χ1v) is 11.4. The second kappa shape index (κ2) is 7.29. The summed E-state index contributed by atoms with van der Waals surface area (Å²) in [7, 11) is 0. The highest BCUT2D eigenvalue weighted by molar-refractivity contribution is 7.09. The van der Waals surface area contributed by atoms with E-state index in [1.54, 1.807) is 0 Å². The Balaban J connectivity index is 1.25. The van der Waals surface area contributed by atoms with Crippen LogP contribution in [-0.4, -0.2) is 35.0 Å². The summed E-state index contributed by atoms with van der Waals surface area (Å²) in [5.74, 6) is 0.902. The van der Waals surface area contributed by atoms with E-state index >= 15 is 0 Å². The second-order valence-electron chi connectivity index (χ2n) is 8.71. The van der Waals surface area contributed by atoms with Gasteiger partial charge >= 0.3 is 0 Å². The van der Waals surface area contributed by atoms with Crippen LogP contribution in [0.25, 0.3) is 0 Å². The fraction of sp³-hybridized carbons (Fsp3) is 0.522. The van der Waals surface area contributed by atoms with Crippen LogP contribution >= 0.6 is 11.3 Å². The maximum absolute atomic E-state index is 13.3.